The molecule has 0 saturated carbocycles. The molecule has 23 heavy (non-hydrogen) atoms. The van der Waals surface area contributed by atoms with Gasteiger partial charge in [-0.3, -0.25) is 9.69 Å². The van der Waals surface area contributed by atoms with Crippen LogP contribution in [0.4, 0.5) is 0 Å². The van der Waals surface area contributed by atoms with E-state index in [9.17, 15) is 4.79 Å². The summed E-state index contributed by atoms with van der Waals surface area (Å²) in [7, 11) is 0. The maximum atomic E-state index is 11.9. The van der Waals surface area contributed by atoms with E-state index in [1.165, 1.54) is 0 Å². The lowest BCUT2D eigenvalue weighted by Gasteiger charge is -2.22. The lowest BCUT2D eigenvalue weighted by molar-refractivity contribution is -0.119. The molecule has 1 fully saturated rings. The number of rotatable bonds is 6. The molecular formula is C17H28N4OS. The molecule has 0 aliphatic carbocycles. The van der Waals surface area contributed by atoms with Crippen molar-refractivity contribution < 1.29 is 4.79 Å². The van der Waals surface area contributed by atoms with Gasteiger partial charge in [0.05, 0.1) is 12.3 Å². The highest BCUT2D eigenvalue weighted by Gasteiger charge is 2.35. The van der Waals surface area contributed by atoms with Crippen molar-refractivity contribution in [1.82, 2.24) is 20.2 Å². The van der Waals surface area contributed by atoms with Crippen LogP contribution >= 0.6 is 11.8 Å². The van der Waals surface area contributed by atoms with Crippen LogP contribution in [0.3, 0.4) is 0 Å². The van der Waals surface area contributed by atoms with Gasteiger partial charge in [-0.15, -0.1) is 0 Å². The average Bonchev–Trinajstić information content (AvgIpc) is 2.80. The largest absolute Gasteiger partial charge is 0.351 e. The van der Waals surface area contributed by atoms with Crippen LogP contribution in [0.1, 0.15) is 31.1 Å². The number of thioether (sulfide) groups is 1. The monoisotopic (exact) mass is 336 g/mol. The zero-order chi connectivity index (χ0) is 17.0. The predicted molar refractivity (Wildman–Crippen MR) is 95.4 cm³/mol. The minimum atomic E-state index is 0.137. The van der Waals surface area contributed by atoms with Crippen molar-refractivity contribution in [2.45, 2.75) is 40.3 Å². The molecule has 2 unspecified atom stereocenters. The number of hydrogen-bond donors (Lipinski definition) is 1. The molecule has 128 valence electrons. The van der Waals surface area contributed by atoms with E-state index in [1.54, 1.807) is 11.8 Å². The highest BCUT2D eigenvalue weighted by Crippen LogP contribution is 2.25. The van der Waals surface area contributed by atoms with Crippen LogP contribution in [0.15, 0.2) is 6.07 Å². The Kier molecular flexibility index (Phi) is 6.41. The van der Waals surface area contributed by atoms with Crippen LogP contribution in [0.25, 0.3) is 0 Å². The van der Waals surface area contributed by atoms with Crippen LogP contribution in [-0.2, 0) is 11.3 Å². The first kappa shape index (κ1) is 18.2. The molecule has 1 amide bonds. The Bertz CT molecular complexity index is 529. The first-order valence-electron chi connectivity index (χ1n) is 8.21. The number of aromatic nitrogens is 2. The van der Waals surface area contributed by atoms with Crippen LogP contribution in [0, 0.1) is 25.7 Å². The topological polar surface area (TPSA) is 58.1 Å². The van der Waals surface area contributed by atoms with Gasteiger partial charge in [0.1, 0.15) is 5.82 Å². The molecule has 1 aromatic heterocycles. The van der Waals surface area contributed by atoms with E-state index in [1.807, 2.05) is 26.2 Å². The van der Waals surface area contributed by atoms with Gasteiger partial charge in [-0.25, -0.2) is 9.97 Å². The maximum absolute atomic E-state index is 11.9. The zero-order valence-corrected chi connectivity index (χ0v) is 15.6. The molecule has 0 aromatic carbocycles. The highest BCUT2D eigenvalue weighted by molar-refractivity contribution is 7.99. The van der Waals surface area contributed by atoms with Crippen LogP contribution in [-0.4, -0.2) is 51.9 Å². The number of hydrogen-bond acceptors (Lipinski definition) is 5. The van der Waals surface area contributed by atoms with E-state index in [-0.39, 0.29) is 11.9 Å². The summed E-state index contributed by atoms with van der Waals surface area (Å²) in [6.45, 7) is 11.1. The van der Waals surface area contributed by atoms with Gasteiger partial charge in [0.2, 0.25) is 5.91 Å². The Morgan fingerprint density at radius 1 is 1.35 bits per heavy atom. The fourth-order valence-corrected chi connectivity index (χ4v) is 3.67. The summed E-state index contributed by atoms with van der Waals surface area (Å²) < 4.78 is 0. The summed E-state index contributed by atoms with van der Waals surface area (Å²) in [5.74, 6) is 2.56. The summed E-state index contributed by atoms with van der Waals surface area (Å²) in [6, 6.07) is 2.22. The molecule has 2 rings (SSSR count). The van der Waals surface area contributed by atoms with Crippen molar-refractivity contribution in [1.29, 1.82) is 0 Å². The third-order valence-corrected chi connectivity index (χ3v) is 4.86. The predicted octanol–water partition coefficient (Wildman–Crippen LogP) is 2.03. The average molecular weight is 337 g/mol. The van der Waals surface area contributed by atoms with Gasteiger partial charge in [-0.05, 0) is 38.0 Å². The van der Waals surface area contributed by atoms with Gasteiger partial charge in [0.25, 0.3) is 0 Å². The molecule has 1 N–H and O–H groups in total. The Hall–Kier alpha value is -1.14. The number of carbonyl (C=O) groups is 1. The Morgan fingerprint density at radius 3 is 2.57 bits per heavy atom. The second-order valence-electron chi connectivity index (χ2n) is 6.78. The third-order valence-electron chi connectivity index (χ3n) is 4.31. The molecule has 2 heterocycles. The summed E-state index contributed by atoms with van der Waals surface area (Å²) in [6.07, 6.45) is 1.96. The number of nitrogens with zero attached hydrogens (tertiary/aromatic N) is 3. The maximum Gasteiger partial charge on any atom is 0.230 e. The first-order valence-corrected chi connectivity index (χ1v) is 9.60. The van der Waals surface area contributed by atoms with Gasteiger partial charge in [0.15, 0.2) is 0 Å². The zero-order valence-electron chi connectivity index (χ0n) is 14.8. The van der Waals surface area contributed by atoms with E-state index < -0.39 is 0 Å². The Labute approximate surface area is 143 Å². The van der Waals surface area contributed by atoms with Gasteiger partial charge < -0.3 is 5.32 Å². The fraction of sp³-hybridized carbons (Fsp3) is 0.706. The molecule has 1 aromatic rings. The SMILES string of the molecule is CSCC(=O)NC1CN(Cc2nc(C)cc(C)n2)CC1C(C)C. The van der Waals surface area contributed by atoms with Crippen molar-refractivity contribution in [3.8, 4) is 0 Å². The number of nitrogens with one attached hydrogen (secondary N) is 1. The molecule has 5 nitrogen and oxygen atoms in total. The second kappa shape index (κ2) is 8.11. The van der Waals surface area contributed by atoms with E-state index >= 15 is 0 Å². The molecule has 0 bridgehead atoms. The van der Waals surface area contributed by atoms with E-state index in [2.05, 4.69) is 34.0 Å². The van der Waals surface area contributed by atoms with Gasteiger partial charge in [-0.2, -0.15) is 11.8 Å². The minimum absolute atomic E-state index is 0.137. The van der Waals surface area contributed by atoms with Crippen molar-refractivity contribution in [2.75, 3.05) is 25.1 Å². The smallest absolute Gasteiger partial charge is 0.230 e. The standard InChI is InChI=1S/C17H28N4OS/c1-11(2)14-7-21(8-15(14)20-17(22)10-23-5)9-16-18-12(3)6-13(4)19-16/h6,11,14-15H,7-10H2,1-5H3,(H,20,22). The number of carbonyl (C=O) groups excluding carboxylic acids is 1. The Morgan fingerprint density at radius 2 is 2.00 bits per heavy atom. The first-order chi connectivity index (χ1) is 10.9. The molecule has 6 heteroatoms. The normalized spacial score (nSPS) is 21.8. The fourth-order valence-electron chi connectivity index (χ4n) is 3.32. The lowest BCUT2D eigenvalue weighted by atomic mass is 9.91. The van der Waals surface area contributed by atoms with Crippen LogP contribution in [0.2, 0.25) is 0 Å². The van der Waals surface area contributed by atoms with Crippen molar-refractivity contribution >= 4 is 17.7 Å². The van der Waals surface area contributed by atoms with Gasteiger partial charge >= 0.3 is 0 Å². The van der Waals surface area contributed by atoms with Crippen molar-refractivity contribution in [2.24, 2.45) is 11.8 Å². The van der Waals surface area contributed by atoms with Crippen LogP contribution in [0.5, 0.6) is 0 Å². The molecule has 1 aliphatic heterocycles. The van der Waals surface area contributed by atoms with E-state index in [0.717, 1.165) is 36.8 Å². The van der Waals surface area contributed by atoms with Crippen molar-refractivity contribution in [3.05, 3.63) is 23.3 Å². The van der Waals surface area contributed by atoms with Crippen LogP contribution < -0.4 is 5.32 Å². The van der Waals surface area contributed by atoms with E-state index in [4.69, 9.17) is 0 Å². The minimum Gasteiger partial charge on any atom is -0.351 e. The molecule has 2 atom stereocenters. The summed E-state index contributed by atoms with van der Waals surface area (Å²) >= 11 is 1.56. The van der Waals surface area contributed by atoms with E-state index in [0.29, 0.717) is 17.6 Å². The number of likely N-dealkylation sites (tertiary alicyclic amines) is 1. The quantitative estimate of drug-likeness (QED) is 0.861. The highest BCUT2D eigenvalue weighted by atomic mass is 32.2. The van der Waals surface area contributed by atoms with Crippen molar-refractivity contribution in [3.63, 3.8) is 0 Å². The lowest BCUT2D eigenvalue weighted by Crippen LogP contribution is -2.42. The summed E-state index contributed by atoms with van der Waals surface area (Å²) in [4.78, 5) is 23.4. The summed E-state index contributed by atoms with van der Waals surface area (Å²) in [5.41, 5.74) is 2.02. The van der Waals surface area contributed by atoms with Gasteiger partial charge in [-0.1, -0.05) is 13.8 Å². The molecule has 0 radical (unpaired) electrons. The molecule has 0 spiro atoms. The number of aryl methyl sites for hydroxylation is 2. The molecule has 1 saturated heterocycles. The molecule has 1 aliphatic rings. The third kappa shape index (κ3) is 5.18. The Balaban J connectivity index is 2.02. The molecular weight excluding hydrogens is 308 g/mol. The number of amides is 1. The second-order valence-corrected chi connectivity index (χ2v) is 7.64. The summed E-state index contributed by atoms with van der Waals surface area (Å²) in [5, 5.41) is 3.21. The van der Waals surface area contributed by atoms with Gasteiger partial charge in [0, 0.05) is 30.5 Å².